The number of anilines is 1. The van der Waals surface area contributed by atoms with Gasteiger partial charge in [0.05, 0.1) is 18.0 Å². The maximum absolute atomic E-state index is 10.8. The highest BCUT2D eigenvalue weighted by Gasteiger charge is 2.22. The van der Waals surface area contributed by atoms with Gasteiger partial charge in [-0.15, -0.1) is 0 Å². The molecule has 0 aromatic carbocycles. The molecule has 18 heavy (non-hydrogen) atoms. The third-order valence-electron chi connectivity index (χ3n) is 2.38. The van der Waals surface area contributed by atoms with Crippen molar-refractivity contribution in [1.29, 1.82) is 0 Å². The molecule has 0 aliphatic heterocycles. The van der Waals surface area contributed by atoms with Crippen LogP contribution in [0.1, 0.15) is 28.7 Å². The van der Waals surface area contributed by atoms with E-state index >= 15 is 0 Å². The molecule has 0 bridgehead atoms. The number of hydrogen-bond donors (Lipinski definition) is 5. The van der Waals surface area contributed by atoms with Crippen molar-refractivity contribution in [2.45, 2.75) is 18.6 Å². The molecular formula is C10H16N4O4. The van der Waals surface area contributed by atoms with Crippen LogP contribution >= 0.6 is 0 Å². The van der Waals surface area contributed by atoms with Crippen LogP contribution in [0.4, 0.5) is 5.82 Å². The van der Waals surface area contributed by atoms with Crippen molar-refractivity contribution >= 4 is 11.8 Å². The Bertz CT molecular complexity index is 426. The monoisotopic (exact) mass is 256 g/mol. The maximum atomic E-state index is 10.8. The lowest BCUT2D eigenvalue weighted by Crippen LogP contribution is -2.25. The van der Waals surface area contributed by atoms with Crippen LogP contribution in [0.5, 0.6) is 0 Å². The number of aliphatic hydroxyl groups is 2. The molecule has 0 radical (unpaired) electrons. The first-order valence-corrected chi connectivity index (χ1v) is 5.33. The van der Waals surface area contributed by atoms with Gasteiger partial charge in [0.2, 0.25) is 0 Å². The molecule has 8 heteroatoms. The Hall–Kier alpha value is -1.77. The predicted octanol–water partition coefficient (Wildman–Crippen LogP) is -1.24. The average Bonchev–Trinajstić information content (AvgIpc) is 2.35. The van der Waals surface area contributed by atoms with E-state index in [9.17, 15) is 15.0 Å². The molecule has 1 heterocycles. The normalized spacial score (nSPS) is 14.2. The summed E-state index contributed by atoms with van der Waals surface area (Å²) < 4.78 is 0. The van der Waals surface area contributed by atoms with Crippen molar-refractivity contribution in [3.05, 3.63) is 17.6 Å². The minimum absolute atomic E-state index is 0.0230. The van der Waals surface area contributed by atoms with Crippen molar-refractivity contribution in [2.75, 3.05) is 19.3 Å². The van der Waals surface area contributed by atoms with Crippen LogP contribution < -0.4 is 11.1 Å². The van der Waals surface area contributed by atoms with Gasteiger partial charge in [-0.1, -0.05) is 0 Å². The molecule has 0 aliphatic rings. The predicted molar refractivity (Wildman–Crippen MR) is 62.9 cm³/mol. The molecule has 1 aromatic rings. The van der Waals surface area contributed by atoms with E-state index in [0.717, 1.165) is 6.20 Å². The van der Waals surface area contributed by atoms with E-state index < -0.39 is 23.9 Å². The van der Waals surface area contributed by atoms with Crippen LogP contribution in [-0.2, 0) is 0 Å². The summed E-state index contributed by atoms with van der Waals surface area (Å²) in [6.45, 7) is 0.506. The van der Waals surface area contributed by atoms with Gasteiger partial charge in [0.15, 0.2) is 11.5 Å². The summed E-state index contributed by atoms with van der Waals surface area (Å²) in [4.78, 5) is 18.1. The number of aliphatic hydroxyl groups excluding tert-OH is 2. The minimum Gasteiger partial charge on any atom is -0.476 e. The summed E-state index contributed by atoms with van der Waals surface area (Å²) in [5, 5.41) is 31.1. The Morgan fingerprint density at radius 3 is 2.78 bits per heavy atom. The Morgan fingerprint density at radius 2 is 2.22 bits per heavy atom. The number of nitrogens with zero attached hydrogens (tertiary/aromatic N) is 2. The molecule has 0 amide bonds. The quantitative estimate of drug-likeness (QED) is 0.425. The van der Waals surface area contributed by atoms with Crippen molar-refractivity contribution in [1.82, 2.24) is 15.3 Å². The number of carboxylic acid groups (broad SMARTS) is 1. The van der Waals surface area contributed by atoms with Crippen molar-refractivity contribution in [3.63, 3.8) is 0 Å². The molecular weight excluding hydrogens is 240 g/mol. The van der Waals surface area contributed by atoms with Crippen LogP contribution in [0.25, 0.3) is 0 Å². The zero-order valence-corrected chi connectivity index (χ0v) is 9.87. The van der Waals surface area contributed by atoms with E-state index in [1.165, 1.54) is 0 Å². The van der Waals surface area contributed by atoms with Crippen LogP contribution in [-0.4, -0.2) is 51.0 Å². The number of carboxylic acids is 1. The first-order chi connectivity index (χ1) is 8.47. The van der Waals surface area contributed by atoms with E-state index in [4.69, 9.17) is 10.8 Å². The van der Waals surface area contributed by atoms with E-state index in [0.29, 0.717) is 13.0 Å². The van der Waals surface area contributed by atoms with Gasteiger partial charge in [0.25, 0.3) is 0 Å². The van der Waals surface area contributed by atoms with Gasteiger partial charge >= 0.3 is 5.97 Å². The van der Waals surface area contributed by atoms with Crippen molar-refractivity contribution in [3.8, 4) is 0 Å². The fraction of sp³-hybridized carbons (Fsp3) is 0.500. The molecule has 8 nitrogen and oxygen atoms in total. The lowest BCUT2D eigenvalue weighted by molar-refractivity contribution is 0.0111. The Labute approximate surface area is 103 Å². The van der Waals surface area contributed by atoms with Crippen molar-refractivity contribution in [2.24, 2.45) is 0 Å². The molecule has 2 atom stereocenters. The molecule has 0 saturated heterocycles. The number of aromatic nitrogens is 2. The summed E-state index contributed by atoms with van der Waals surface area (Å²) in [5.74, 6) is -1.57. The standard InChI is InChI=1S/C10H16N4O4/c1-12-3-2-6(15)8(16)5-4-13-9(11)7(14-5)10(17)18/h4,6,8,12,15-16H,2-3H2,1H3,(H2,11,13)(H,17,18). The summed E-state index contributed by atoms with van der Waals surface area (Å²) >= 11 is 0. The third-order valence-corrected chi connectivity index (χ3v) is 2.38. The highest BCUT2D eigenvalue weighted by molar-refractivity contribution is 5.90. The molecule has 100 valence electrons. The minimum atomic E-state index is -1.33. The Morgan fingerprint density at radius 1 is 1.56 bits per heavy atom. The maximum Gasteiger partial charge on any atom is 0.358 e. The molecule has 0 aliphatic carbocycles. The molecule has 1 rings (SSSR count). The number of aromatic carboxylic acids is 1. The van der Waals surface area contributed by atoms with Crippen LogP contribution in [0, 0.1) is 0 Å². The van der Waals surface area contributed by atoms with Gasteiger partial charge in [0.1, 0.15) is 6.10 Å². The molecule has 6 N–H and O–H groups in total. The summed E-state index contributed by atoms with van der Waals surface area (Å²) in [5.41, 5.74) is 4.88. The second-order valence-corrected chi connectivity index (χ2v) is 3.74. The molecule has 2 unspecified atom stereocenters. The van der Waals surface area contributed by atoms with Gasteiger partial charge in [-0.05, 0) is 20.0 Å². The van der Waals surface area contributed by atoms with Gasteiger partial charge in [-0.25, -0.2) is 14.8 Å². The number of nitrogen functional groups attached to an aromatic ring is 1. The largest absolute Gasteiger partial charge is 0.476 e. The summed E-state index contributed by atoms with van der Waals surface area (Å²) in [7, 11) is 1.71. The smallest absolute Gasteiger partial charge is 0.358 e. The molecule has 0 spiro atoms. The first kappa shape index (κ1) is 14.3. The summed E-state index contributed by atoms with van der Waals surface area (Å²) in [6, 6.07) is 0. The first-order valence-electron chi connectivity index (χ1n) is 5.33. The highest BCUT2D eigenvalue weighted by atomic mass is 16.4. The van der Waals surface area contributed by atoms with E-state index in [2.05, 4.69) is 15.3 Å². The van der Waals surface area contributed by atoms with Gasteiger partial charge in [-0.2, -0.15) is 0 Å². The number of hydrogen-bond acceptors (Lipinski definition) is 7. The van der Waals surface area contributed by atoms with Crippen LogP contribution in [0.15, 0.2) is 6.20 Å². The SMILES string of the molecule is CNCCC(O)C(O)c1cnc(N)c(C(=O)O)n1. The van der Waals surface area contributed by atoms with Crippen LogP contribution in [0.2, 0.25) is 0 Å². The van der Waals surface area contributed by atoms with Crippen LogP contribution in [0.3, 0.4) is 0 Å². The molecule has 0 saturated carbocycles. The number of nitrogens with one attached hydrogen (secondary N) is 1. The number of nitrogens with two attached hydrogens (primary N) is 1. The topological polar surface area (TPSA) is 142 Å². The second kappa shape index (κ2) is 6.24. The van der Waals surface area contributed by atoms with Crippen molar-refractivity contribution < 1.29 is 20.1 Å². The molecule has 1 aromatic heterocycles. The number of carbonyl (C=O) groups is 1. The second-order valence-electron chi connectivity index (χ2n) is 3.74. The van der Waals surface area contributed by atoms with E-state index in [1.807, 2.05) is 0 Å². The Balaban J connectivity index is 2.89. The number of rotatable bonds is 6. The average molecular weight is 256 g/mol. The lowest BCUT2D eigenvalue weighted by atomic mass is 10.1. The third kappa shape index (κ3) is 3.36. The molecule has 0 fully saturated rings. The fourth-order valence-corrected chi connectivity index (χ4v) is 1.36. The van der Waals surface area contributed by atoms with E-state index in [-0.39, 0.29) is 11.5 Å². The zero-order chi connectivity index (χ0) is 13.7. The van der Waals surface area contributed by atoms with E-state index in [1.54, 1.807) is 7.05 Å². The summed E-state index contributed by atoms with van der Waals surface area (Å²) in [6.07, 6.45) is -0.914. The van der Waals surface area contributed by atoms with Gasteiger partial charge in [0, 0.05) is 0 Å². The zero-order valence-electron chi connectivity index (χ0n) is 9.87. The van der Waals surface area contributed by atoms with Gasteiger partial charge in [-0.3, -0.25) is 0 Å². The lowest BCUT2D eigenvalue weighted by Gasteiger charge is -2.17. The van der Waals surface area contributed by atoms with Gasteiger partial charge < -0.3 is 26.4 Å². The Kier molecular flexibility index (Phi) is 4.95. The highest BCUT2D eigenvalue weighted by Crippen LogP contribution is 2.18. The fourth-order valence-electron chi connectivity index (χ4n) is 1.36.